The Morgan fingerprint density at radius 2 is 2.29 bits per heavy atom. The molecule has 14 heavy (non-hydrogen) atoms. The number of nitrogens with one attached hydrogen (secondary N) is 1. The van der Waals surface area contributed by atoms with Crippen molar-refractivity contribution in [1.82, 2.24) is 15.1 Å². The summed E-state index contributed by atoms with van der Waals surface area (Å²) in [5.74, 6) is 0. The summed E-state index contributed by atoms with van der Waals surface area (Å²) in [6.45, 7) is 7.22. The smallest absolute Gasteiger partial charge is 0.0860 e. The number of aliphatic hydroxyl groups is 1. The molecule has 1 unspecified atom stereocenters. The highest BCUT2D eigenvalue weighted by molar-refractivity contribution is 4.94. The molecule has 4 nitrogen and oxygen atoms in total. The van der Waals surface area contributed by atoms with Gasteiger partial charge in [-0.2, -0.15) is 5.10 Å². The average molecular weight is 197 g/mol. The maximum Gasteiger partial charge on any atom is 0.0860 e. The molecule has 0 aliphatic heterocycles. The molecule has 0 aliphatic rings. The molecule has 1 aromatic heterocycles. The van der Waals surface area contributed by atoms with Crippen LogP contribution in [0.25, 0.3) is 0 Å². The van der Waals surface area contributed by atoms with Gasteiger partial charge >= 0.3 is 0 Å². The predicted octanol–water partition coefficient (Wildman–Crippen LogP) is 0.550. The molecule has 0 spiro atoms. The molecule has 1 heterocycles. The van der Waals surface area contributed by atoms with Crippen LogP contribution in [0, 0.1) is 6.92 Å². The molecule has 0 bridgehead atoms. The highest BCUT2D eigenvalue weighted by Crippen LogP contribution is 1.95. The molecule has 1 atom stereocenters. The Kier molecular flexibility index (Phi) is 4.10. The molecule has 0 amide bonds. The molecule has 1 aromatic rings. The van der Waals surface area contributed by atoms with Gasteiger partial charge in [-0.15, -0.1) is 0 Å². The third-order valence-corrected chi connectivity index (χ3v) is 1.93. The van der Waals surface area contributed by atoms with Crippen molar-refractivity contribution in [2.24, 2.45) is 0 Å². The fraction of sp³-hybridized carbons (Fsp3) is 0.700. The first-order valence-corrected chi connectivity index (χ1v) is 4.99. The number of aliphatic hydroxyl groups excluding tert-OH is 1. The van der Waals surface area contributed by atoms with Gasteiger partial charge in [0.05, 0.1) is 18.3 Å². The Morgan fingerprint density at radius 3 is 2.79 bits per heavy atom. The van der Waals surface area contributed by atoms with Crippen molar-refractivity contribution in [3.8, 4) is 0 Å². The molecule has 4 heteroatoms. The minimum absolute atomic E-state index is 0.378. The average Bonchev–Trinajstić information content (AvgIpc) is 2.48. The SMILES string of the molecule is Cc1ccn(CC(O)CNC(C)C)n1. The van der Waals surface area contributed by atoms with Gasteiger partial charge in [0.1, 0.15) is 0 Å². The normalized spacial score (nSPS) is 13.5. The van der Waals surface area contributed by atoms with Gasteiger partial charge < -0.3 is 10.4 Å². The Balaban J connectivity index is 2.30. The van der Waals surface area contributed by atoms with E-state index in [1.807, 2.05) is 19.2 Å². The maximum atomic E-state index is 9.64. The largest absolute Gasteiger partial charge is 0.390 e. The summed E-state index contributed by atoms with van der Waals surface area (Å²) in [6.07, 6.45) is 1.50. The third kappa shape index (κ3) is 3.89. The lowest BCUT2D eigenvalue weighted by Crippen LogP contribution is -2.34. The Bertz CT molecular complexity index is 270. The number of hydrogen-bond acceptors (Lipinski definition) is 3. The van der Waals surface area contributed by atoms with Crippen LogP contribution in [0.5, 0.6) is 0 Å². The summed E-state index contributed by atoms with van der Waals surface area (Å²) < 4.78 is 1.77. The first-order chi connectivity index (χ1) is 6.58. The third-order valence-electron chi connectivity index (χ3n) is 1.93. The zero-order chi connectivity index (χ0) is 10.6. The van der Waals surface area contributed by atoms with E-state index in [9.17, 15) is 5.11 Å². The van der Waals surface area contributed by atoms with Gasteiger partial charge in [-0.25, -0.2) is 0 Å². The quantitative estimate of drug-likeness (QED) is 0.725. The van der Waals surface area contributed by atoms with Crippen LogP contribution in [-0.2, 0) is 6.54 Å². The lowest BCUT2D eigenvalue weighted by Gasteiger charge is -2.13. The van der Waals surface area contributed by atoms with Crippen molar-refractivity contribution < 1.29 is 5.11 Å². The standard InChI is InChI=1S/C10H19N3O/c1-8(2)11-6-10(14)7-13-5-4-9(3)12-13/h4-5,8,10-11,14H,6-7H2,1-3H3. The van der Waals surface area contributed by atoms with E-state index in [4.69, 9.17) is 0 Å². The molecule has 0 fully saturated rings. The minimum atomic E-state index is -0.378. The van der Waals surface area contributed by atoms with Crippen molar-refractivity contribution >= 4 is 0 Å². The van der Waals surface area contributed by atoms with E-state index in [-0.39, 0.29) is 6.10 Å². The topological polar surface area (TPSA) is 50.1 Å². The van der Waals surface area contributed by atoms with Crippen LogP contribution in [0.4, 0.5) is 0 Å². The molecular formula is C10H19N3O. The fourth-order valence-corrected chi connectivity index (χ4v) is 1.22. The van der Waals surface area contributed by atoms with Crippen molar-refractivity contribution in [3.63, 3.8) is 0 Å². The number of nitrogens with zero attached hydrogens (tertiary/aromatic N) is 2. The van der Waals surface area contributed by atoms with E-state index < -0.39 is 0 Å². The molecule has 0 saturated heterocycles. The van der Waals surface area contributed by atoms with Crippen LogP contribution in [0.2, 0.25) is 0 Å². The van der Waals surface area contributed by atoms with Gasteiger partial charge in [-0.05, 0) is 13.0 Å². The maximum absolute atomic E-state index is 9.64. The van der Waals surface area contributed by atoms with E-state index in [2.05, 4.69) is 24.3 Å². The summed E-state index contributed by atoms with van der Waals surface area (Å²) >= 11 is 0. The Hall–Kier alpha value is -0.870. The van der Waals surface area contributed by atoms with Gasteiger partial charge in [0.2, 0.25) is 0 Å². The first kappa shape index (κ1) is 11.2. The summed E-state index contributed by atoms with van der Waals surface area (Å²) in [7, 11) is 0. The van der Waals surface area contributed by atoms with E-state index in [0.29, 0.717) is 19.1 Å². The van der Waals surface area contributed by atoms with Crippen molar-refractivity contribution in [3.05, 3.63) is 18.0 Å². The van der Waals surface area contributed by atoms with E-state index in [1.165, 1.54) is 0 Å². The predicted molar refractivity (Wildman–Crippen MR) is 56.1 cm³/mol. The lowest BCUT2D eigenvalue weighted by atomic mass is 10.3. The van der Waals surface area contributed by atoms with Gasteiger partial charge in [-0.1, -0.05) is 13.8 Å². The summed E-state index contributed by atoms with van der Waals surface area (Å²) in [5, 5.41) is 17.0. The fourth-order valence-electron chi connectivity index (χ4n) is 1.22. The molecule has 0 radical (unpaired) electrons. The molecule has 0 aromatic carbocycles. The van der Waals surface area contributed by atoms with Crippen LogP contribution in [0.1, 0.15) is 19.5 Å². The van der Waals surface area contributed by atoms with Gasteiger partial charge in [0.15, 0.2) is 0 Å². The molecule has 80 valence electrons. The number of hydrogen-bond donors (Lipinski definition) is 2. The number of aromatic nitrogens is 2. The highest BCUT2D eigenvalue weighted by atomic mass is 16.3. The summed E-state index contributed by atoms with van der Waals surface area (Å²) in [6, 6.07) is 2.34. The van der Waals surface area contributed by atoms with E-state index >= 15 is 0 Å². The minimum Gasteiger partial charge on any atom is -0.390 e. The first-order valence-electron chi connectivity index (χ1n) is 4.99. The zero-order valence-corrected chi connectivity index (χ0v) is 9.07. The van der Waals surface area contributed by atoms with Gasteiger partial charge in [-0.3, -0.25) is 4.68 Å². The zero-order valence-electron chi connectivity index (χ0n) is 9.07. The summed E-state index contributed by atoms with van der Waals surface area (Å²) in [4.78, 5) is 0. The van der Waals surface area contributed by atoms with Gasteiger partial charge in [0, 0.05) is 18.8 Å². The van der Waals surface area contributed by atoms with E-state index in [1.54, 1.807) is 4.68 Å². The highest BCUT2D eigenvalue weighted by Gasteiger charge is 2.05. The lowest BCUT2D eigenvalue weighted by molar-refractivity contribution is 0.144. The molecule has 1 rings (SSSR count). The Morgan fingerprint density at radius 1 is 1.57 bits per heavy atom. The molecule has 0 aliphatic carbocycles. The van der Waals surface area contributed by atoms with Gasteiger partial charge in [0.25, 0.3) is 0 Å². The number of rotatable bonds is 5. The Labute approximate surface area is 84.9 Å². The van der Waals surface area contributed by atoms with Crippen LogP contribution >= 0.6 is 0 Å². The van der Waals surface area contributed by atoms with Crippen molar-refractivity contribution in [1.29, 1.82) is 0 Å². The van der Waals surface area contributed by atoms with Crippen LogP contribution in [-0.4, -0.2) is 33.6 Å². The van der Waals surface area contributed by atoms with Crippen LogP contribution in [0.3, 0.4) is 0 Å². The van der Waals surface area contributed by atoms with Crippen LogP contribution in [0.15, 0.2) is 12.3 Å². The second-order valence-corrected chi connectivity index (χ2v) is 3.90. The molecule has 2 N–H and O–H groups in total. The van der Waals surface area contributed by atoms with Crippen LogP contribution < -0.4 is 5.32 Å². The molecule has 0 saturated carbocycles. The van der Waals surface area contributed by atoms with Crippen molar-refractivity contribution in [2.45, 2.75) is 39.5 Å². The van der Waals surface area contributed by atoms with E-state index in [0.717, 1.165) is 5.69 Å². The second kappa shape index (κ2) is 5.12. The summed E-state index contributed by atoms with van der Waals surface area (Å²) in [5.41, 5.74) is 0.981. The second-order valence-electron chi connectivity index (χ2n) is 3.90. The van der Waals surface area contributed by atoms with Crippen molar-refractivity contribution in [2.75, 3.05) is 6.54 Å². The number of aryl methyl sites for hydroxylation is 1. The molecular weight excluding hydrogens is 178 g/mol. The monoisotopic (exact) mass is 197 g/mol.